The van der Waals surface area contributed by atoms with E-state index >= 15 is 0 Å². The Morgan fingerprint density at radius 2 is 2.00 bits per heavy atom. The average molecular weight is 218 g/mol. The molecule has 0 aromatic heterocycles. The Kier molecular flexibility index (Phi) is 7.86. The maximum absolute atomic E-state index is 10.9. The van der Waals surface area contributed by atoms with Crippen molar-refractivity contribution in [1.29, 1.82) is 0 Å². The maximum atomic E-state index is 10.9. The first-order chi connectivity index (χ1) is 5.45. The van der Waals surface area contributed by atoms with Crippen LogP contribution in [0.4, 0.5) is 0 Å². The van der Waals surface area contributed by atoms with Gasteiger partial charge in [0.15, 0.2) is 4.91 Å². The molecule has 0 atom stereocenters. The minimum absolute atomic E-state index is 0. The first-order valence-corrected chi connectivity index (χ1v) is 4.65. The summed E-state index contributed by atoms with van der Waals surface area (Å²) in [5.41, 5.74) is 0. The van der Waals surface area contributed by atoms with Crippen LogP contribution in [0.1, 0.15) is 13.8 Å². The summed E-state index contributed by atoms with van der Waals surface area (Å²) in [5, 5.41) is 8.41. The topological polar surface area (TPSA) is 80.7 Å². The van der Waals surface area contributed by atoms with Crippen LogP contribution >= 0.6 is 0 Å². The Morgan fingerprint density at radius 1 is 1.54 bits per heavy atom. The second-order valence-electron chi connectivity index (χ2n) is 1.82. The van der Waals surface area contributed by atoms with Crippen molar-refractivity contribution in [3.8, 4) is 0 Å². The van der Waals surface area contributed by atoms with Crippen LogP contribution < -0.4 is 0 Å². The van der Waals surface area contributed by atoms with Gasteiger partial charge in [-0.2, -0.15) is 8.42 Å². The molecule has 0 unspecified atom stereocenters. The molecule has 0 aromatic rings. The number of carbonyl (C=O) groups is 1. The Morgan fingerprint density at radius 3 is 2.23 bits per heavy atom. The molecule has 5 nitrogen and oxygen atoms in total. The third-order valence-electron chi connectivity index (χ3n) is 1.02. The molecule has 1 N–H and O–H groups in total. The van der Waals surface area contributed by atoms with Crippen molar-refractivity contribution in [1.82, 2.24) is 0 Å². The van der Waals surface area contributed by atoms with Gasteiger partial charge < -0.3 is 5.11 Å². The van der Waals surface area contributed by atoms with Crippen LogP contribution in [0, 0.1) is 0 Å². The number of carboxylic acid groups (broad SMARTS) is 1. The molecule has 0 saturated heterocycles. The zero-order chi connectivity index (χ0) is 9.78. The van der Waals surface area contributed by atoms with Crippen LogP contribution in [0.15, 0.2) is 11.0 Å². The molecule has 0 radical (unpaired) electrons. The van der Waals surface area contributed by atoms with Gasteiger partial charge in [-0.25, -0.2) is 4.79 Å². The van der Waals surface area contributed by atoms with Gasteiger partial charge in [0.1, 0.15) is 0 Å². The number of carboxylic acids is 1. The van der Waals surface area contributed by atoms with Crippen molar-refractivity contribution in [2.75, 3.05) is 6.61 Å². The molecule has 0 aliphatic heterocycles. The zero-order valence-corrected chi connectivity index (χ0v) is 7.59. The molecule has 0 bridgehead atoms. The van der Waals surface area contributed by atoms with E-state index in [0.29, 0.717) is 0 Å². The fourth-order valence-electron chi connectivity index (χ4n) is 0.593. The van der Waals surface area contributed by atoms with E-state index in [-0.39, 0.29) is 36.2 Å². The van der Waals surface area contributed by atoms with Gasteiger partial charge in [0.05, 0.1) is 6.61 Å². The summed E-state index contributed by atoms with van der Waals surface area (Å²) in [5.74, 6) is -1.51. The minimum atomic E-state index is -4.06. The van der Waals surface area contributed by atoms with E-state index < -0.39 is 21.0 Å². The Bertz CT molecular complexity index is 292. The van der Waals surface area contributed by atoms with Gasteiger partial charge in [0.25, 0.3) is 0 Å². The first kappa shape index (κ1) is 15.6. The van der Waals surface area contributed by atoms with Crippen molar-refractivity contribution in [3.63, 3.8) is 0 Å². The molecule has 0 spiro atoms. The number of hydrogen-bond donors (Lipinski definition) is 1. The van der Waals surface area contributed by atoms with Gasteiger partial charge in [-0.3, -0.25) is 4.18 Å². The fraction of sp³-hybridized carbons (Fsp3) is 0.500. The van der Waals surface area contributed by atoms with Crippen LogP contribution in [0.5, 0.6) is 0 Å². The molecule has 72 valence electrons. The monoisotopic (exact) mass is 218 g/mol. The SMILES string of the molecule is CC=C(C(=O)O)S(=O)(=O)OCC.[NaH]. The second-order valence-corrected chi connectivity index (χ2v) is 3.40. The van der Waals surface area contributed by atoms with E-state index in [1.165, 1.54) is 13.8 Å². The number of rotatable bonds is 4. The number of aliphatic carboxylic acids is 1. The quantitative estimate of drug-likeness (QED) is 0.398. The predicted molar refractivity (Wildman–Crippen MR) is 49.1 cm³/mol. The molecular weight excluding hydrogens is 207 g/mol. The molecule has 0 aromatic carbocycles. The summed E-state index contributed by atoms with van der Waals surface area (Å²) >= 11 is 0. The van der Waals surface area contributed by atoms with Crippen LogP contribution in [0.3, 0.4) is 0 Å². The molecule has 13 heavy (non-hydrogen) atoms. The normalized spacial score (nSPS) is 12.0. The van der Waals surface area contributed by atoms with E-state index in [1.807, 2.05) is 0 Å². The summed E-state index contributed by atoms with van der Waals surface area (Å²) in [6.45, 7) is 2.71. The summed E-state index contributed by atoms with van der Waals surface area (Å²) < 4.78 is 26.1. The third-order valence-corrected chi connectivity index (χ3v) is 2.51. The van der Waals surface area contributed by atoms with E-state index in [1.54, 1.807) is 0 Å². The van der Waals surface area contributed by atoms with E-state index in [0.717, 1.165) is 6.08 Å². The summed E-state index contributed by atoms with van der Waals surface area (Å²) in [6, 6.07) is 0. The molecule has 7 heteroatoms. The van der Waals surface area contributed by atoms with Crippen molar-refractivity contribution in [2.24, 2.45) is 0 Å². The molecule has 0 heterocycles. The van der Waals surface area contributed by atoms with Crippen LogP contribution in [0.25, 0.3) is 0 Å². The van der Waals surface area contributed by atoms with Crippen LogP contribution in [0.2, 0.25) is 0 Å². The van der Waals surface area contributed by atoms with Crippen LogP contribution in [-0.2, 0) is 19.1 Å². The van der Waals surface area contributed by atoms with E-state index in [4.69, 9.17) is 5.11 Å². The fourth-order valence-corrected chi connectivity index (χ4v) is 1.53. The zero-order valence-electron chi connectivity index (χ0n) is 6.77. The van der Waals surface area contributed by atoms with E-state index in [2.05, 4.69) is 4.18 Å². The van der Waals surface area contributed by atoms with Crippen molar-refractivity contribution >= 4 is 45.6 Å². The van der Waals surface area contributed by atoms with Crippen molar-refractivity contribution < 1.29 is 22.5 Å². The molecule has 0 aliphatic rings. The standard InChI is InChI=1S/C6H10O5S.Na.H/c1-3-5(6(7)8)12(9,10)11-4-2;;/h3H,4H2,1-2H3,(H,7,8);;. The van der Waals surface area contributed by atoms with Gasteiger partial charge in [0, 0.05) is 0 Å². The van der Waals surface area contributed by atoms with Gasteiger partial charge in [-0.05, 0) is 13.8 Å². The Balaban J connectivity index is 0. The second kappa shape index (κ2) is 6.56. The molecule has 0 aliphatic carbocycles. The number of hydrogen-bond acceptors (Lipinski definition) is 4. The third kappa shape index (κ3) is 4.78. The van der Waals surface area contributed by atoms with E-state index in [9.17, 15) is 13.2 Å². The first-order valence-electron chi connectivity index (χ1n) is 3.24. The van der Waals surface area contributed by atoms with Crippen molar-refractivity contribution in [3.05, 3.63) is 11.0 Å². The summed E-state index contributed by atoms with van der Waals surface area (Å²) in [6.07, 6.45) is 0.979. The summed E-state index contributed by atoms with van der Waals surface area (Å²) in [4.78, 5) is 9.59. The van der Waals surface area contributed by atoms with Gasteiger partial charge >= 0.3 is 45.6 Å². The molecular formula is C6H11NaO5S. The predicted octanol–water partition coefficient (Wildman–Crippen LogP) is -0.307. The molecule has 0 amide bonds. The Labute approximate surface area is 99.2 Å². The van der Waals surface area contributed by atoms with Gasteiger partial charge in [0.2, 0.25) is 0 Å². The van der Waals surface area contributed by atoms with Crippen molar-refractivity contribution in [2.45, 2.75) is 13.8 Å². The number of allylic oxidation sites excluding steroid dienone is 1. The van der Waals surface area contributed by atoms with Gasteiger partial charge in [-0.1, -0.05) is 6.08 Å². The average Bonchev–Trinajstić information content (AvgIpc) is 1.86. The molecule has 0 rings (SSSR count). The Hall–Kier alpha value is 0.120. The molecule has 0 fully saturated rings. The van der Waals surface area contributed by atoms with Gasteiger partial charge in [-0.15, -0.1) is 0 Å². The molecule has 0 saturated carbocycles. The summed E-state index contributed by atoms with van der Waals surface area (Å²) in [7, 11) is -4.06. The van der Waals surface area contributed by atoms with Crippen LogP contribution in [-0.4, -0.2) is 55.7 Å².